The highest BCUT2D eigenvalue weighted by Crippen LogP contribution is 2.26. The molecule has 1 aromatic heterocycles. The van der Waals surface area contributed by atoms with E-state index < -0.39 is 0 Å². The van der Waals surface area contributed by atoms with E-state index in [9.17, 15) is 0 Å². The molecule has 0 aliphatic rings. The first-order chi connectivity index (χ1) is 9.26. The van der Waals surface area contributed by atoms with Crippen LogP contribution < -0.4 is 10.5 Å². The van der Waals surface area contributed by atoms with Crippen LogP contribution in [-0.4, -0.2) is 41.0 Å². The summed E-state index contributed by atoms with van der Waals surface area (Å²) >= 11 is 0. The molecule has 2 N–H and O–H groups in total. The fraction of sp³-hybridized carbons (Fsp3) is 0.417. The third-order valence-electron chi connectivity index (χ3n) is 2.74. The largest absolute Gasteiger partial charge is 0.495 e. The lowest BCUT2D eigenvalue weighted by Crippen LogP contribution is -2.05. The van der Waals surface area contributed by atoms with Crippen molar-refractivity contribution in [1.82, 2.24) is 20.2 Å². The molecule has 0 saturated carbocycles. The lowest BCUT2D eigenvalue weighted by molar-refractivity contribution is 0.189. The van der Waals surface area contributed by atoms with Gasteiger partial charge in [-0.05, 0) is 35.0 Å². The fourth-order valence-electron chi connectivity index (χ4n) is 1.79. The predicted octanol–water partition coefficient (Wildman–Crippen LogP) is 0.967. The van der Waals surface area contributed by atoms with Crippen LogP contribution >= 0.6 is 0 Å². The minimum absolute atomic E-state index is 0.562. The van der Waals surface area contributed by atoms with Crippen LogP contribution in [0.2, 0.25) is 0 Å². The molecule has 0 aliphatic heterocycles. The van der Waals surface area contributed by atoms with Crippen LogP contribution in [0.1, 0.15) is 6.42 Å². The molecule has 0 amide bonds. The summed E-state index contributed by atoms with van der Waals surface area (Å²) in [7, 11) is 3.25. The number of tetrazole rings is 1. The van der Waals surface area contributed by atoms with E-state index in [1.54, 1.807) is 31.0 Å². The molecule has 0 unspecified atom stereocenters. The molecule has 0 radical (unpaired) electrons. The minimum atomic E-state index is 0.562. The highest BCUT2D eigenvalue weighted by Gasteiger charge is 2.10. The van der Waals surface area contributed by atoms with Crippen LogP contribution in [0.5, 0.6) is 5.75 Å². The molecular weight excluding hydrogens is 246 g/mol. The van der Waals surface area contributed by atoms with Gasteiger partial charge in [0.25, 0.3) is 0 Å². The highest BCUT2D eigenvalue weighted by atomic mass is 16.5. The summed E-state index contributed by atoms with van der Waals surface area (Å²) in [5.41, 5.74) is 7.31. The first kappa shape index (κ1) is 13.3. The quantitative estimate of drug-likeness (QED) is 0.617. The van der Waals surface area contributed by atoms with Crippen molar-refractivity contribution in [3.63, 3.8) is 0 Å². The summed E-state index contributed by atoms with van der Waals surface area (Å²) in [6.45, 7) is 1.37. The molecule has 19 heavy (non-hydrogen) atoms. The van der Waals surface area contributed by atoms with Crippen LogP contribution in [0.15, 0.2) is 18.2 Å². The molecule has 0 bridgehead atoms. The van der Waals surface area contributed by atoms with E-state index in [0.29, 0.717) is 30.4 Å². The van der Waals surface area contributed by atoms with Gasteiger partial charge in [-0.3, -0.25) is 0 Å². The summed E-state index contributed by atoms with van der Waals surface area (Å²) < 4.78 is 11.9. The number of ether oxygens (including phenoxy) is 2. The Bertz CT molecular complexity index is 541. The van der Waals surface area contributed by atoms with Gasteiger partial charge in [-0.25, -0.2) is 4.68 Å². The van der Waals surface area contributed by atoms with Crippen molar-refractivity contribution in [2.45, 2.75) is 13.0 Å². The molecule has 102 valence electrons. The molecule has 0 aliphatic carbocycles. The van der Waals surface area contributed by atoms with Gasteiger partial charge in [-0.1, -0.05) is 0 Å². The van der Waals surface area contributed by atoms with Crippen molar-refractivity contribution in [3.8, 4) is 17.1 Å². The Morgan fingerprint density at radius 1 is 1.32 bits per heavy atom. The highest BCUT2D eigenvalue weighted by molar-refractivity contribution is 5.66. The summed E-state index contributed by atoms with van der Waals surface area (Å²) in [6, 6.07) is 5.49. The van der Waals surface area contributed by atoms with Crippen LogP contribution in [-0.2, 0) is 11.3 Å². The molecule has 7 heteroatoms. The summed E-state index contributed by atoms with van der Waals surface area (Å²) in [5, 5.41) is 11.7. The lowest BCUT2D eigenvalue weighted by Gasteiger charge is -2.07. The number of aryl methyl sites for hydroxylation is 1. The molecular formula is C12H17N5O2. The molecule has 0 spiro atoms. The second-order valence-electron chi connectivity index (χ2n) is 4.03. The number of nitrogen functional groups attached to an aromatic ring is 1. The second kappa shape index (κ2) is 6.14. The Balaban J connectivity index is 2.22. The summed E-state index contributed by atoms with van der Waals surface area (Å²) in [6.07, 6.45) is 0.847. The Labute approximate surface area is 111 Å². The van der Waals surface area contributed by atoms with E-state index in [0.717, 1.165) is 12.0 Å². The van der Waals surface area contributed by atoms with Crippen molar-refractivity contribution in [1.29, 1.82) is 0 Å². The van der Waals surface area contributed by atoms with Gasteiger partial charge in [0.1, 0.15) is 5.75 Å². The van der Waals surface area contributed by atoms with Crippen LogP contribution in [0.3, 0.4) is 0 Å². The molecule has 2 aromatic rings. The summed E-state index contributed by atoms with van der Waals surface area (Å²) in [4.78, 5) is 0. The fourth-order valence-corrected chi connectivity index (χ4v) is 1.79. The zero-order valence-corrected chi connectivity index (χ0v) is 11.0. The standard InChI is InChI=1S/C12H17N5O2/c1-18-7-3-6-17-12(14-15-16-17)9-4-5-11(19-2)10(13)8-9/h4-5,8H,3,6-7,13H2,1-2H3. The van der Waals surface area contributed by atoms with Crippen LogP contribution in [0.4, 0.5) is 5.69 Å². The third kappa shape index (κ3) is 3.00. The van der Waals surface area contributed by atoms with Crippen molar-refractivity contribution in [2.24, 2.45) is 0 Å². The topological polar surface area (TPSA) is 88.1 Å². The van der Waals surface area contributed by atoms with Gasteiger partial charge in [-0.15, -0.1) is 5.10 Å². The predicted molar refractivity (Wildman–Crippen MR) is 70.7 cm³/mol. The number of hydrogen-bond donors (Lipinski definition) is 1. The minimum Gasteiger partial charge on any atom is -0.495 e. The average molecular weight is 263 g/mol. The first-order valence-electron chi connectivity index (χ1n) is 5.95. The molecule has 0 atom stereocenters. The van der Waals surface area contributed by atoms with E-state index in [1.807, 2.05) is 6.07 Å². The van der Waals surface area contributed by atoms with Crippen molar-refractivity contribution in [2.75, 3.05) is 26.6 Å². The van der Waals surface area contributed by atoms with Gasteiger partial charge in [0, 0.05) is 25.8 Å². The molecule has 2 rings (SSSR count). The number of benzene rings is 1. The second-order valence-corrected chi connectivity index (χ2v) is 4.03. The Morgan fingerprint density at radius 3 is 2.84 bits per heavy atom. The maximum absolute atomic E-state index is 5.89. The van der Waals surface area contributed by atoms with Gasteiger partial charge < -0.3 is 15.2 Å². The van der Waals surface area contributed by atoms with Gasteiger partial charge in [0.15, 0.2) is 5.82 Å². The number of rotatable bonds is 6. The van der Waals surface area contributed by atoms with E-state index in [1.165, 1.54) is 0 Å². The number of anilines is 1. The zero-order valence-electron chi connectivity index (χ0n) is 11.0. The number of nitrogens with zero attached hydrogens (tertiary/aromatic N) is 4. The monoisotopic (exact) mass is 263 g/mol. The Kier molecular flexibility index (Phi) is 4.30. The van der Waals surface area contributed by atoms with Crippen molar-refractivity contribution >= 4 is 5.69 Å². The first-order valence-corrected chi connectivity index (χ1v) is 5.95. The SMILES string of the molecule is COCCCn1nnnc1-c1ccc(OC)c(N)c1. The molecule has 0 saturated heterocycles. The van der Waals surface area contributed by atoms with Crippen LogP contribution in [0.25, 0.3) is 11.4 Å². The third-order valence-corrected chi connectivity index (χ3v) is 2.74. The normalized spacial score (nSPS) is 10.6. The Morgan fingerprint density at radius 2 is 2.16 bits per heavy atom. The van der Waals surface area contributed by atoms with Crippen LogP contribution in [0, 0.1) is 0 Å². The van der Waals surface area contributed by atoms with Gasteiger partial charge >= 0.3 is 0 Å². The smallest absolute Gasteiger partial charge is 0.182 e. The van der Waals surface area contributed by atoms with Crippen molar-refractivity contribution in [3.05, 3.63) is 18.2 Å². The Hall–Kier alpha value is -2.15. The maximum atomic E-state index is 5.89. The van der Waals surface area contributed by atoms with Gasteiger partial charge in [0.2, 0.25) is 0 Å². The number of methoxy groups -OCH3 is 2. The van der Waals surface area contributed by atoms with E-state index >= 15 is 0 Å². The van der Waals surface area contributed by atoms with E-state index in [4.69, 9.17) is 15.2 Å². The molecule has 1 aromatic carbocycles. The average Bonchev–Trinajstić information content (AvgIpc) is 2.87. The van der Waals surface area contributed by atoms with Gasteiger partial charge in [0.05, 0.1) is 12.8 Å². The van der Waals surface area contributed by atoms with Gasteiger partial charge in [-0.2, -0.15) is 0 Å². The van der Waals surface area contributed by atoms with E-state index in [-0.39, 0.29) is 0 Å². The maximum Gasteiger partial charge on any atom is 0.182 e. The number of aromatic nitrogens is 4. The lowest BCUT2D eigenvalue weighted by atomic mass is 10.2. The van der Waals surface area contributed by atoms with Crippen molar-refractivity contribution < 1.29 is 9.47 Å². The van der Waals surface area contributed by atoms with E-state index in [2.05, 4.69) is 15.5 Å². The molecule has 7 nitrogen and oxygen atoms in total. The number of hydrogen-bond acceptors (Lipinski definition) is 6. The molecule has 0 fully saturated rings. The zero-order chi connectivity index (χ0) is 13.7. The molecule has 1 heterocycles. The summed E-state index contributed by atoms with van der Waals surface area (Å²) in [5.74, 6) is 1.33. The number of nitrogens with two attached hydrogens (primary N) is 1.